The van der Waals surface area contributed by atoms with E-state index in [-0.39, 0.29) is 5.97 Å². The van der Waals surface area contributed by atoms with Gasteiger partial charge in [0.05, 0.1) is 6.61 Å². The fourth-order valence-corrected chi connectivity index (χ4v) is 2.74. The first-order chi connectivity index (χ1) is 9.66. The number of esters is 1. The first kappa shape index (κ1) is 14.6. The van der Waals surface area contributed by atoms with Gasteiger partial charge < -0.3 is 10.5 Å². The van der Waals surface area contributed by atoms with E-state index >= 15 is 0 Å². The molecule has 0 saturated carbocycles. The number of nitrogens with two attached hydrogens (primary N) is 1. The monoisotopic (exact) mass is 289 g/mol. The van der Waals surface area contributed by atoms with Gasteiger partial charge in [-0.1, -0.05) is 30.3 Å². The second kappa shape index (κ2) is 7.10. The molecule has 4 heteroatoms. The van der Waals surface area contributed by atoms with Gasteiger partial charge in [0, 0.05) is 10.6 Å². The molecule has 0 atom stereocenters. The zero-order valence-corrected chi connectivity index (χ0v) is 12.4. The molecule has 106 valence electrons. The smallest absolute Gasteiger partial charge is 0.348 e. The molecule has 0 unspecified atom stereocenters. The van der Waals surface area contributed by atoms with Crippen LogP contribution in [-0.4, -0.2) is 12.6 Å². The number of anilines is 1. The van der Waals surface area contributed by atoms with Gasteiger partial charge in [0.1, 0.15) is 4.88 Å². The molecule has 0 saturated heterocycles. The quantitative estimate of drug-likeness (QED) is 0.649. The Morgan fingerprint density at radius 3 is 2.65 bits per heavy atom. The molecule has 2 N–H and O–H groups in total. The first-order valence-corrected chi connectivity index (χ1v) is 7.55. The van der Waals surface area contributed by atoms with Crippen LogP contribution in [0, 0.1) is 6.92 Å². The number of unbranched alkanes of at least 4 members (excludes halogenated alkanes) is 1. The van der Waals surface area contributed by atoms with Crippen molar-refractivity contribution in [2.75, 3.05) is 12.3 Å². The molecule has 0 aliphatic rings. The van der Waals surface area contributed by atoms with Gasteiger partial charge in [-0.2, -0.15) is 0 Å². The van der Waals surface area contributed by atoms with Gasteiger partial charge >= 0.3 is 5.97 Å². The van der Waals surface area contributed by atoms with Crippen molar-refractivity contribution in [1.29, 1.82) is 0 Å². The molecule has 1 heterocycles. The van der Waals surface area contributed by atoms with Crippen molar-refractivity contribution >= 4 is 23.0 Å². The Morgan fingerprint density at radius 2 is 2.00 bits per heavy atom. The molecule has 0 aliphatic heterocycles. The molecular formula is C16H19NO2S. The average Bonchev–Trinajstić information content (AvgIpc) is 2.79. The maximum absolute atomic E-state index is 11.8. The summed E-state index contributed by atoms with van der Waals surface area (Å²) < 4.78 is 5.25. The van der Waals surface area contributed by atoms with Crippen LogP contribution < -0.4 is 5.73 Å². The van der Waals surface area contributed by atoms with Crippen LogP contribution in [0.3, 0.4) is 0 Å². The molecule has 1 aromatic carbocycles. The molecule has 0 spiro atoms. The molecule has 0 bridgehead atoms. The standard InChI is InChI=1S/C16H19NO2S/c1-12-14(17)11-15(20-12)16(18)19-10-6-5-9-13-7-3-2-4-8-13/h2-4,7-8,11H,5-6,9-10,17H2,1H3. The molecule has 0 radical (unpaired) electrons. The Balaban J connectivity index is 1.67. The lowest BCUT2D eigenvalue weighted by Crippen LogP contribution is -2.04. The summed E-state index contributed by atoms with van der Waals surface area (Å²) in [5.41, 5.74) is 7.70. The van der Waals surface area contributed by atoms with E-state index in [9.17, 15) is 4.79 Å². The third-order valence-corrected chi connectivity index (χ3v) is 4.14. The normalized spacial score (nSPS) is 10.4. The van der Waals surface area contributed by atoms with Crippen molar-refractivity contribution < 1.29 is 9.53 Å². The molecule has 0 aliphatic carbocycles. The van der Waals surface area contributed by atoms with E-state index in [4.69, 9.17) is 10.5 Å². The van der Waals surface area contributed by atoms with Crippen LogP contribution in [0.2, 0.25) is 0 Å². The highest BCUT2D eigenvalue weighted by Gasteiger charge is 2.11. The lowest BCUT2D eigenvalue weighted by molar-refractivity contribution is 0.0504. The first-order valence-electron chi connectivity index (χ1n) is 6.74. The molecule has 0 fully saturated rings. The summed E-state index contributed by atoms with van der Waals surface area (Å²) in [7, 11) is 0. The number of hydrogen-bond acceptors (Lipinski definition) is 4. The van der Waals surface area contributed by atoms with E-state index in [1.807, 2.05) is 25.1 Å². The second-order valence-corrected chi connectivity index (χ2v) is 5.96. The number of carbonyl (C=O) groups is 1. The van der Waals surface area contributed by atoms with Gasteiger partial charge in [0.15, 0.2) is 0 Å². The summed E-state index contributed by atoms with van der Waals surface area (Å²) >= 11 is 1.38. The van der Waals surface area contributed by atoms with Gasteiger partial charge in [-0.05, 0) is 37.8 Å². The van der Waals surface area contributed by atoms with Crippen molar-refractivity contribution in [2.45, 2.75) is 26.2 Å². The zero-order chi connectivity index (χ0) is 14.4. The van der Waals surface area contributed by atoms with Crippen LogP contribution in [0.4, 0.5) is 5.69 Å². The SMILES string of the molecule is Cc1sc(C(=O)OCCCCc2ccccc2)cc1N. The van der Waals surface area contributed by atoms with Crippen LogP contribution in [-0.2, 0) is 11.2 Å². The predicted octanol–water partition coefficient (Wildman–Crippen LogP) is 3.82. The molecule has 3 nitrogen and oxygen atoms in total. The van der Waals surface area contributed by atoms with E-state index in [1.165, 1.54) is 16.9 Å². The predicted molar refractivity (Wildman–Crippen MR) is 83.1 cm³/mol. The van der Waals surface area contributed by atoms with Crippen molar-refractivity contribution in [3.8, 4) is 0 Å². The highest BCUT2D eigenvalue weighted by Crippen LogP contribution is 2.24. The lowest BCUT2D eigenvalue weighted by Gasteiger charge is -2.03. The van der Waals surface area contributed by atoms with Crippen LogP contribution in [0.25, 0.3) is 0 Å². The largest absolute Gasteiger partial charge is 0.462 e. The summed E-state index contributed by atoms with van der Waals surface area (Å²) in [5.74, 6) is -0.269. The van der Waals surface area contributed by atoms with Crippen LogP contribution in [0.15, 0.2) is 36.4 Å². The van der Waals surface area contributed by atoms with Crippen molar-refractivity contribution in [3.05, 3.63) is 51.7 Å². The second-order valence-electron chi connectivity index (χ2n) is 4.70. The summed E-state index contributed by atoms with van der Waals surface area (Å²) in [6, 6.07) is 12.0. The van der Waals surface area contributed by atoms with Crippen molar-refractivity contribution in [2.24, 2.45) is 0 Å². The molecular weight excluding hydrogens is 270 g/mol. The van der Waals surface area contributed by atoms with Crippen molar-refractivity contribution in [1.82, 2.24) is 0 Å². The molecule has 20 heavy (non-hydrogen) atoms. The number of benzene rings is 1. The van der Waals surface area contributed by atoms with Gasteiger partial charge in [-0.15, -0.1) is 11.3 Å². The van der Waals surface area contributed by atoms with E-state index in [0.29, 0.717) is 17.2 Å². The number of carbonyl (C=O) groups excluding carboxylic acids is 1. The summed E-state index contributed by atoms with van der Waals surface area (Å²) in [4.78, 5) is 13.3. The Kier molecular flexibility index (Phi) is 5.18. The minimum atomic E-state index is -0.269. The van der Waals surface area contributed by atoms with E-state index in [0.717, 1.165) is 24.1 Å². The molecule has 1 aromatic heterocycles. The van der Waals surface area contributed by atoms with Gasteiger partial charge in [-0.3, -0.25) is 0 Å². The van der Waals surface area contributed by atoms with Gasteiger partial charge in [0.2, 0.25) is 0 Å². The fourth-order valence-electron chi connectivity index (χ4n) is 1.91. The number of nitrogen functional groups attached to an aromatic ring is 1. The number of hydrogen-bond donors (Lipinski definition) is 1. The minimum absolute atomic E-state index is 0.269. The van der Waals surface area contributed by atoms with Gasteiger partial charge in [0.25, 0.3) is 0 Å². The molecule has 2 rings (SSSR count). The fraction of sp³-hybridized carbons (Fsp3) is 0.312. The maximum Gasteiger partial charge on any atom is 0.348 e. The van der Waals surface area contributed by atoms with E-state index in [1.54, 1.807) is 6.07 Å². The van der Waals surface area contributed by atoms with E-state index in [2.05, 4.69) is 12.1 Å². The number of rotatable bonds is 6. The summed E-state index contributed by atoms with van der Waals surface area (Å²) in [5, 5.41) is 0. The zero-order valence-electron chi connectivity index (χ0n) is 11.6. The number of aryl methyl sites for hydroxylation is 2. The molecule has 0 amide bonds. The molecule has 2 aromatic rings. The third kappa shape index (κ3) is 4.10. The van der Waals surface area contributed by atoms with Crippen molar-refractivity contribution in [3.63, 3.8) is 0 Å². The topological polar surface area (TPSA) is 52.3 Å². The Morgan fingerprint density at radius 1 is 1.25 bits per heavy atom. The highest BCUT2D eigenvalue weighted by atomic mass is 32.1. The number of thiophene rings is 1. The number of ether oxygens (including phenoxy) is 1. The summed E-state index contributed by atoms with van der Waals surface area (Å²) in [6.07, 6.45) is 2.91. The minimum Gasteiger partial charge on any atom is -0.462 e. The highest BCUT2D eigenvalue weighted by molar-refractivity contribution is 7.14. The lowest BCUT2D eigenvalue weighted by atomic mass is 10.1. The van der Waals surface area contributed by atoms with E-state index < -0.39 is 0 Å². The third-order valence-electron chi connectivity index (χ3n) is 3.09. The average molecular weight is 289 g/mol. The Hall–Kier alpha value is -1.81. The maximum atomic E-state index is 11.8. The van der Waals surface area contributed by atoms with Crippen LogP contribution in [0.5, 0.6) is 0 Å². The van der Waals surface area contributed by atoms with Gasteiger partial charge in [-0.25, -0.2) is 4.79 Å². The van der Waals surface area contributed by atoms with Crippen LogP contribution >= 0.6 is 11.3 Å². The van der Waals surface area contributed by atoms with Crippen LogP contribution in [0.1, 0.15) is 33.0 Å². The Labute approximate surface area is 123 Å². The summed E-state index contributed by atoms with van der Waals surface area (Å²) in [6.45, 7) is 2.36. The Bertz CT molecular complexity index is 544.